The quantitative estimate of drug-likeness (QED) is 0.171. The molecule has 0 amide bonds. The minimum atomic E-state index is 0.642. The van der Waals surface area contributed by atoms with Crippen LogP contribution < -0.4 is 0 Å². The standard InChI is InChI=1S/C51H31N3OS/c1-4-14-32(15-5-1)35-20-12-21-37(28-35)50-52-49(34-18-8-3-9-19-34)53-51(54-50)41-24-13-23-40-43-29-36(26-27-46(43)56-48(40)41)38-30-42(33-16-6-2-7-17-33)47-44(31-38)39-22-10-11-25-45(39)55-47/h1-31H. The number of hydrogen-bond acceptors (Lipinski definition) is 5. The number of aromatic nitrogens is 3. The largest absolute Gasteiger partial charge is 0.455 e. The molecule has 0 saturated carbocycles. The number of hydrogen-bond donors (Lipinski definition) is 0. The second-order valence-corrected chi connectivity index (χ2v) is 15.0. The van der Waals surface area contributed by atoms with Gasteiger partial charge < -0.3 is 4.42 Å². The van der Waals surface area contributed by atoms with E-state index in [1.807, 2.05) is 36.4 Å². The van der Waals surface area contributed by atoms with Crippen molar-refractivity contribution in [3.8, 4) is 67.5 Å². The molecule has 0 aliphatic carbocycles. The highest BCUT2D eigenvalue weighted by molar-refractivity contribution is 7.26. The molecule has 56 heavy (non-hydrogen) atoms. The molecule has 0 fully saturated rings. The molecule has 0 N–H and O–H groups in total. The summed E-state index contributed by atoms with van der Waals surface area (Å²) >= 11 is 1.78. The fourth-order valence-corrected chi connectivity index (χ4v) is 8.98. The first-order chi connectivity index (χ1) is 27.7. The van der Waals surface area contributed by atoms with Gasteiger partial charge in [-0.05, 0) is 70.3 Å². The monoisotopic (exact) mass is 733 g/mol. The van der Waals surface area contributed by atoms with Crippen molar-refractivity contribution in [2.45, 2.75) is 0 Å². The van der Waals surface area contributed by atoms with Crippen LogP contribution in [0.2, 0.25) is 0 Å². The van der Waals surface area contributed by atoms with Gasteiger partial charge in [-0.25, -0.2) is 15.0 Å². The SMILES string of the molecule is c1ccc(-c2cccc(-c3nc(-c4ccccc4)nc(-c4cccc5c4sc4ccc(-c6cc(-c7ccccc7)c7oc8ccccc8c7c6)cc45)n3)c2)cc1. The van der Waals surface area contributed by atoms with Gasteiger partial charge in [0.2, 0.25) is 0 Å². The summed E-state index contributed by atoms with van der Waals surface area (Å²) in [6.07, 6.45) is 0. The van der Waals surface area contributed by atoms with Crippen LogP contribution in [0.15, 0.2) is 192 Å². The Hall–Kier alpha value is -7.21. The lowest BCUT2D eigenvalue weighted by atomic mass is 9.95. The van der Waals surface area contributed by atoms with E-state index in [2.05, 4.69) is 152 Å². The van der Waals surface area contributed by atoms with E-state index in [4.69, 9.17) is 19.4 Å². The van der Waals surface area contributed by atoms with Crippen LogP contribution in [-0.4, -0.2) is 15.0 Å². The second-order valence-electron chi connectivity index (χ2n) is 14.0. The average Bonchev–Trinajstić information content (AvgIpc) is 3.85. The molecule has 0 radical (unpaired) electrons. The molecule has 11 aromatic rings. The zero-order valence-electron chi connectivity index (χ0n) is 30.1. The molecule has 8 aromatic carbocycles. The topological polar surface area (TPSA) is 51.8 Å². The number of fused-ring (bicyclic) bond motifs is 6. The van der Waals surface area contributed by atoms with Crippen LogP contribution in [0.25, 0.3) is 110 Å². The Morgan fingerprint density at radius 3 is 1.73 bits per heavy atom. The lowest BCUT2D eigenvalue weighted by Crippen LogP contribution is -2.00. The maximum absolute atomic E-state index is 6.48. The van der Waals surface area contributed by atoms with Gasteiger partial charge in [0.1, 0.15) is 11.2 Å². The fourth-order valence-electron chi connectivity index (χ4n) is 7.79. The first kappa shape index (κ1) is 32.2. The van der Waals surface area contributed by atoms with Gasteiger partial charge >= 0.3 is 0 Å². The third-order valence-electron chi connectivity index (χ3n) is 10.5. The van der Waals surface area contributed by atoms with Gasteiger partial charge in [0, 0.05) is 53.2 Å². The highest BCUT2D eigenvalue weighted by atomic mass is 32.1. The molecule has 262 valence electrons. The molecular formula is C51H31N3OS. The summed E-state index contributed by atoms with van der Waals surface area (Å²) < 4.78 is 8.84. The minimum absolute atomic E-state index is 0.642. The molecule has 5 heteroatoms. The van der Waals surface area contributed by atoms with Gasteiger partial charge in [-0.3, -0.25) is 0 Å². The van der Waals surface area contributed by atoms with Crippen LogP contribution in [0.4, 0.5) is 0 Å². The Morgan fingerprint density at radius 2 is 0.929 bits per heavy atom. The van der Waals surface area contributed by atoms with Gasteiger partial charge in [-0.1, -0.05) is 146 Å². The molecule has 0 atom stereocenters. The van der Waals surface area contributed by atoms with Crippen LogP contribution in [0.5, 0.6) is 0 Å². The predicted octanol–water partition coefficient (Wildman–Crippen LogP) is 14.1. The Morgan fingerprint density at radius 1 is 0.339 bits per heavy atom. The summed E-state index contributed by atoms with van der Waals surface area (Å²) in [7, 11) is 0. The molecule has 4 nitrogen and oxygen atoms in total. The molecular weight excluding hydrogens is 703 g/mol. The molecule has 3 aromatic heterocycles. The zero-order chi connectivity index (χ0) is 37.0. The van der Waals surface area contributed by atoms with Crippen molar-refractivity contribution < 1.29 is 4.42 Å². The Labute approximate surface area is 327 Å². The summed E-state index contributed by atoms with van der Waals surface area (Å²) in [5.74, 6) is 1.94. The average molecular weight is 734 g/mol. The maximum atomic E-state index is 6.48. The van der Waals surface area contributed by atoms with E-state index in [0.29, 0.717) is 17.5 Å². The van der Waals surface area contributed by atoms with Crippen molar-refractivity contribution in [3.63, 3.8) is 0 Å². The van der Waals surface area contributed by atoms with E-state index in [1.54, 1.807) is 11.3 Å². The van der Waals surface area contributed by atoms with Crippen LogP contribution in [-0.2, 0) is 0 Å². The summed E-state index contributed by atoms with van der Waals surface area (Å²) in [6, 6.07) is 65.7. The van der Waals surface area contributed by atoms with Crippen molar-refractivity contribution in [2.24, 2.45) is 0 Å². The van der Waals surface area contributed by atoms with Crippen molar-refractivity contribution in [2.75, 3.05) is 0 Å². The van der Waals surface area contributed by atoms with E-state index in [0.717, 1.165) is 76.7 Å². The number of furan rings is 1. The van der Waals surface area contributed by atoms with E-state index in [-0.39, 0.29) is 0 Å². The van der Waals surface area contributed by atoms with Crippen molar-refractivity contribution in [3.05, 3.63) is 188 Å². The Balaban J connectivity index is 1.07. The van der Waals surface area contributed by atoms with Crippen LogP contribution >= 0.6 is 11.3 Å². The first-order valence-corrected chi connectivity index (χ1v) is 19.5. The van der Waals surface area contributed by atoms with Gasteiger partial charge in [0.15, 0.2) is 17.5 Å². The van der Waals surface area contributed by atoms with E-state index >= 15 is 0 Å². The van der Waals surface area contributed by atoms with Crippen molar-refractivity contribution >= 4 is 53.4 Å². The van der Waals surface area contributed by atoms with Crippen LogP contribution in [0.1, 0.15) is 0 Å². The smallest absolute Gasteiger partial charge is 0.165 e. The number of nitrogens with zero attached hydrogens (tertiary/aromatic N) is 3. The highest BCUT2D eigenvalue weighted by Gasteiger charge is 2.19. The fraction of sp³-hybridized carbons (Fsp3) is 0. The van der Waals surface area contributed by atoms with Crippen molar-refractivity contribution in [1.29, 1.82) is 0 Å². The summed E-state index contributed by atoms with van der Waals surface area (Å²) in [5, 5.41) is 4.61. The molecule has 3 heterocycles. The maximum Gasteiger partial charge on any atom is 0.165 e. The van der Waals surface area contributed by atoms with E-state index < -0.39 is 0 Å². The Bertz CT molecular complexity index is 3240. The normalized spacial score (nSPS) is 11.6. The zero-order valence-corrected chi connectivity index (χ0v) is 30.9. The molecule has 0 saturated heterocycles. The van der Waals surface area contributed by atoms with Crippen LogP contribution in [0.3, 0.4) is 0 Å². The first-order valence-electron chi connectivity index (χ1n) is 18.7. The number of thiophene rings is 1. The predicted molar refractivity (Wildman–Crippen MR) is 233 cm³/mol. The van der Waals surface area contributed by atoms with E-state index in [9.17, 15) is 0 Å². The van der Waals surface area contributed by atoms with E-state index in [1.165, 1.54) is 15.5 Å². The molecule has 0 aliphatic rings. The summed E-state index contributed by atoms with van der Waals surface area (Å²) in [5.41, 5.74) is 11.5. The van der Waals surface area contributed by atoms with Gasteiger partial charge in [-0.15, -0.1) is 11.3 Å². The van der Waals surface area contributed by atoms with Crippen LogP contribution in [0, 0.1) is 0 Å². The lowest BCUT2D eigenvalue weighted by Gasteiger charge is -2.10. The van der Waals surface area contributed by atoms with Crippen molar-refractivity contribution in [1.82, 2.24) is 15.0 Å². The third kappa shape index (κ3) is 5.56. The lowest BCUT2D eigenvalue weighted by molar-refractivity contribution is 0.670. The second kappa shape index (κ2) is 13.3. The summed E-state index contributed by atoms with van der Waals surface area (Å²) in [6.45, 7) is 0. The van der Waals surface area contributed by atoms with Gasteiger partial charge in [-0.2, -0.15) is 0 Å². The molecule has 0 aliphatic heterocycles. The Kier molecular flexibility index (Phi) is 7.64. The summed E-state index contributed by atoms with van der Waals surface area (Å²) in [4.78, 5) is 15.4. The molecule has 0 unspecified atom stereocenters. The highest BCUT2D eigenvalue weighted by Crippen LogP contribution is 2.43. The van der Waals surface area contributed by atoms with Gasteiger partial charge in [0.05, 0.1) is 0 Å². The molecule has 0 bridgehead atoms. The van der Waals surface area contributed by atoms with Gasteiger partial charge in [0.25, 0.3) is 0 Å². The number of rotatable bonds is 6. The minimum Gasteiger partial charge on any atom is -0.455 e. The molecule has 0 spiro atoms. The number of para-hydroxylation sites is 1. The third-order valence-corrected chi connectivity index (χ3v) is 11.7. The number of benzene rings is 8. The molecule has 11 rings (SSSR count).